The van der Waals surface area contributed by atoms with Gasteiger partial charge >= 0.3 is 0 Å². The van der Waals surface area contributed by atoms with Gasteiger partial charge in [-0.05, 0) is 18.4 Å². The van der Waals surface area contributed by atoms with E-state index in [0.717, 1.165) is 61.5 Å². The standard InChI is InChI=1S/C25H29Cl2N7O3S/c1-15-12-19(28-5-6-33-7-9-37-10-8-33)31-25(30-15)32-24-23-16(4-11-38-23)34(14-29-24)22-20(26)17(35-2)13-18(36-3)21(22)27/h4,11-13H,5-10,14H2,1-3H3,(H2,28,29,30,31,32). The SMILES string of the molecule is COc1cc(OC)c(Cl)c(N2CN=C(Nc3nc(C)cc(NCCN4CCOCC4)n3)c3sccc32)c1Cl. The molecule has 10 nitrogen and oxygen atoms in total. The van der Waals surface area contributed by atoms with Crippen molar-refractivity contribution < 1.29 is 14.2 Å². The highest BCUT2D eigenvalue weighted by Gasteiger charge is 2.29. The number of amidine groups is 1. The van der Waals surface area contributed by atoms with E-state index >= 15 is 0 Å². The van der Waals surface area contributed by atoms with Crippen LogP contribution in [-0.2, 0) is 4.74 Å². The normalized spacial score (nSPS) is 15.6. The van der Waals surface area contributed by atoms with Crippen LogP contribution in [0.2, 0.25) is 10.0 Å². The molecule has 13 heteroatoms. The van der Waals surface area contributed by atoms with E-state index in [9.17, 15) is 0 Å². The van der Waals surface area contributed by atoms with Crippen molar-refractivity contribution in [2.24, 2.45) is 4.99 Å². The molecule has 0 unspecified atom stereocenters. The number of methoxy groups -OCH3 is 2. The third kappa shape index (κ3) is 5.62. The molecule has 2 N–H and O–H groups in total. The highest BCUT2D eigenvalue weighted by Crippen LogP contribution is 2.49. The maximum atomic E-state index is 6.70. The van der Waals surface area contributed by atoms with Crippen LogP contribution in [-0.4, -0.2) is 81.0 Å². The lowest BCUT2D eigenvalue weighted by Gasteiger charge is -2.30. The Balaban J connectivity index is 1.35. The summed E-state index contributed by atoms with van der Waals surface area (Å²) in [7, 11) is 3.11. The Morgan fingerprint density at radius 1 is 1.08 bits per heavy atom. The number of nitrogens with zero attached hydrogens (tertiary/aromatic N) is 5. The highest BCUT2D eigenvalue weighted by molar-refractivity contribution is 7.13. The summed E-state index contributed by atoms with van der Waals surface area (Å²) in [6.07, 6.45) is 0. The van der Waals surface area contributed by atoms with E-state index in [1.807, 2.05) is 29.3 Å². The van der Waals surface area contributed by atoms with Gasteiger partial charge in [-0.25, -0.2) is 9.98 Å². The first-order chi connectivity index (χ1) is 18.5. The number of halogens is 2. The first-order valence-electron chi connectivity index (χ1n) is 12.1. The molecular formula is C25H29Cl2N7O3S. The second-order valence-corrected chi connectivity index (χ2v) is 10.4. The van der Waals surface area contributed by atoms with Gasteiger partial charge in [0.1, 0.15) is 39.9 Å². The lowest BCUT2D eigenvalue weighted by atomic mass is 10.2. The van der Waals surface area contributed by atoms with E-state index in [4.69, 9.17) is 42.4 Å². The van der Waals surface area contributed by atoms with Gasteiger partial charge in [0.15, 0.2) is 0 Å². The summed E-state index contributed by atoms with van der Waals surface area (Å²) in [5.74, 6) is 2.85. The quantitative estimate of drug-likeness (QED) is 0.388. The summed E-state index contributed by atoms with van der Waals surface area (Å²) in [6, 6.07) is 5.61. The van der Waals surface area contributed by atoms with Crippen LogP contribution in [0.1, 0.15) is 10.6 Å². The average Bonchev–Trinajstić information content (AvgIpc) is 3.41. The summed E-state index contributed by atoms with van der Waals surface area (Å²) in [5, 5.41) is 9.50. The topological polar surface area (TPSA) is 96.4 Å². The highest BCUT2D eigenvalue weighted by atomic mass is 35.5. The van der Waals surface area contributed by atoms with Gasteiger partial charge in [-0.1, -0.05) is 23.2 Å². The number of fused-ring (bicyclic) bond motifs is 1. The molecule has 4 heterocycles. The molecule has 5 rings (SSSR count). The van der Waals surface area contributed by atoms with Crippen molar-refractivity contribution >= 4 is 63.5 Å². The minimum atomic E-state index is 0.276. The molecule has 38 heavy (non-hydrogen) atoms. The summed E-state index contributed by atoms with van der Waals surface area (Å²) in [6.45, 7) is 7.41. The molecule has 1 aromatic carbocycles. The molecule has 1 fully saturated rings. The molecule has 2 aliphatic heterocycles. The van der Waals surface area contributed by atoms with Gasteiger partial charge in [0.2, 0.25) is 5.95 Å². The fourth-order valence-corrected chi connectivity index (χ4v) is 5.93. The van der Waals surface area contributed by atoms with Crippen LogP contribution in [0, 0.1) is 6.92 Å². The smallest absolute Gasteiger partial charge is 0.230 e. The molecule has 0 spiro atoms. The molecule has 2 aromatic heterocycles. The number of hydrogen-bond acceptors (Lipinski definition) is 11. The third-order valence-electron chi connectivity index (χ3n) is 6.26. The van der Waals surface area contributed by atoms with Gasteiger partial charge in [0.25, 0.3) is 0 Å². The van der Waals surface area contributed by atoms with Crippen LogP contribution in [0.25, 0.3) is 0 Å². The first-order valence-corrected chi connectivity index (χ1v) is 13.8. The summed E-state index contributed by atoms with van der Waals surface area (Å²) in [4.78, 5) is 19.3. The molecule has 0 atom stereocenters. The Kier molecular flexibility index (Phi) is 8.39. The van der Waals surface area contributed by atoms with E-state index in [-0.39, 0.29) is 6.67 Å². The molecule has 1 saturated heterocycles. The maximum Gasteiger partial charge on any atom is 0.230 e. The zero-order valence-electron chi connectivity index (χ0n) is 21.4. The molecule has 2 aliphatic rings. The molecule has 3 aromatic rings. The van der Waals surface area contributed by atoms with Crippen molar-refractivity contribution in [3.05, 3.63) is 44.2 Å². The first kappa shape index (κ1) is 26.8. The molecule has 0 aliphatic carbocycles. The number of nitrogens with one attached hydrogen (secondary N) is 2. The summed E-state index contributed by atoms with van der Waals surface area (Å²) < 4.78 is 16.3. The zero-order valence-corrected chi connectivity index (χ0v) is 23.7. The van der Waals surface area contributed by atoms with Crippen LogP contribution >= 0.6 is 34.5 Å². The fourth-order valence-electron chi connectivity index (χ4n) is 4.37. The molecule has 0 amide bonds. The Morgan fingerprint density at radius 2 is 1.82 bits per heavy atom. The fraction of sp³-hybridized carbons (Fsp3) is 0.400. The van der Waals surface area contributed by atoms with E-state index in [2.05, 4.69) is 25.5 Å². The van der Waals surface area contributed by atoms with E-state index < -0.39 is 0 Å². The number of aromatic nitrogens is 2. The number of anilines is 4. The van der Waals surface area contributed by atoms with Crippen molar-refractivity contribution in [2.75, 3.05) is 75.8 Å². The van der Waals surface area contributed by atoms with Crippen LogP contribution in [0.5, 0.6) is 11.5 Å². The van der Waals surface area contributed by atoms with Gasteiger partial charge in [-0.3, -0.25) is 4.90 Å². The van der Waals surface area contributed by atoms with E-state index in [1.165, 1.54) is 0 Å². The van der Waals surface area contributed by atoms with Crippen molar-refractivity contribution in [2.45, 2.75) is 6.92 Å². The monoisotopic (exact) mass is 577 g/mol. The van der Waals surface area contributed by atoms with Crippen LogP contribution in [0.15, 0.2) is 28.6 Å². The Bertz CT molecular complexity index is 1300. The van der Waals surface area contributed by atoms with Crippen LogP contribution < -0.4 is 25.0 Å². The van der Waals surface area contributed by atoms with Gasteiger partial charge in [0, 0.05) is 44.0 Å². The largest absolute Gasteiger partial charge is 0.495 e. The van der Waals surface area contributed by atoms with Gasteiger partial charge in [-0.15, -0.1) is 11.3 Å². The van der Waals surface area contributed by atoms with Crippen LogP contribution in [0.4, 0.5) is 23.1 Å². The number of benzene rings is 1. The maximum absolute atomic E-state index is 6.70. The number of ether oxygens (including phenoxy) is 3. The minimum absolute atomic E-state index is 0.276. The average molecular weight is 579 g/mol. The van der Waals surface area contributed by atoms with Gasteiger partial charge < -0.3 is 29.7 Å². The second kappa shape index (κ2) is 11.9. The van der Waals surface area contributed by atoms with Crippen LogP contribution in [0.3, 0.4) is 0 Å². The second-order valence-electron chi connectivity index (χ2n) is 8.69. The number of aryl methyl sites for hydroxylation is 1. The molecule has 202 valence electrons. The van der Waals surface area contributed by atoms with Gasteiger partial charge in [0.05, 0.1) is 43.7 Å². The summed E-state index contributed by atoms with van der Waals surface area (Å²) in [5.41, 5.74) is 2.33. The van der Waals surface area contributed by atoms with Crippen molar-refractivity contribution in [1.29, 1.82) is 0 Å². The number of hydrogen-bond donors (Lipinski definition) is 2. The summed E-state index contributed by atoms with van der Waals surface area (Å²) >= 11 is 14.9. The molecule has 0 saturated carbocycles. The lowest BCUT2D eigenvalue weighted by Crippen LogP contribution is -2.39. The van der Waals surface area contributed by atoms with E-state index in [1.54, 1.807) is 31.6 Å². The predicted octanol–water partition coefficient (Wildman–Crippen LogP) is 4.88. The van der Waals surface area contributed by atoms with Crippen molar-refractivity contribution in [3.63, 3.8) is 0 Å². The lowest BCUT2D eigenvalue weighted by molar-refractivity contribution is 0.0398. The Morgan fingerprint density at radius 3 is 2.53 bits per heavy atom. The molecular weight excluding hydrogens is 549 g/mol. The number of aliphatic imine (C=N–C) groups is 1. The van der Waals surface area contributed by atoms with Gasteiger partial charge in [-0.2, -0.15) is 4.98 Å². The predicted molar refractivity (Wildman–Crippen MR) is 154 cm³/mol. The minimum Gasteiger partial charge on any atom is -0.495 e. The number of morpholine rings is 1. The Hall–Kier alpha value is -2.83. The molecule has 0 bridgehead atoms. The molecule has 0 radical (unpaired) electrons. The number of rotatable bonds is 8. The van der Waals surface area contributed by atoms with Crippen molar-refractivity contribution in [3.8, 4) is 11.5 Å². The number of thiophene rings is 1. The van der Waals surface area contributed by atoms with Crippen molar-refractivity contribution in [1.82, 2.24) is 14.9 Å². The zero-order chi connectivity index (χ0) is 26.6. The Labute approximate surface area is 235 Å². The third-order valence-corrected chi connectivity index (χ3v) is 7.90. The van der Waals surface area contributed by atoms with E-state index in [0.29, 0.717) is 39.0 Å².